The molecular weight excluding hydrogens is 234 g/mol. The van der Waals surface area contributed by atoms with E-state index in [1.807, 2.05) is 18.5 Å². The summed E-state index contributed by atoms with van der Waals surface area (Å²) in [6, 6.07) is 4.45. The van der Waals surface area contributed by atoms with E-state index in [9.17, 15) is 0 Å². The lowest BCUT2D eigenvalue weighted by Crippen LogP contribution is -2.49. The molecule has 2 atom stereocenters. The monoisotopic (exact) mass is 261 g/mol. The summed E-state index contributed by atoms with van der Waals surface area (Å²) >= 11 is 0. The quantitative estimate of drug-likeness (QED) is 0.906. The first kappa shape index (κ1) is 14.5. The maximum absolute atomic E-state index is 6.46. The normalized spacial score (nSPS) is 26.6. The summed E-state index contributed by atoms with van der Waals surface area (Å²) in [5, 5.41) is 0. The minimum Gasteiger partial charge on any atom is -0.327 e. The summed E-state index contributed by atoms with van der Waals surface area (Å²) < 4.78 is 0. The number of nitrogens with zero attached hydrogens (tertiary/aromatic N) is 2. The van der Waals surface area contributed by atoms with E-state index < -0.39 is 0 Å². The van der Waals surface area contributed by atoms with Gasteiger partial charge in [-0.25, -0.2) is 0 Å². The van der Waals surface area contributed by atoms with Crippen LogP contribution in [0.2, 0.25) is 0 Å². The van der Waals surface area contributed by atoms with Gasteiger partial charge in [-0.05, 0) is 42.9 Å². The second-order valence-corrected chi connectivity index (χ2v) is 6.72. The van der Waals surface area contributed by atoms with Crippen molar-refractivity contribution in [2.75, 3.05) is 13.6 Å². The van der Waals surface area contributed by atoms with Crippen LogP contribution in [0, 0.1) is 11.3 Å². The Kier molecular flexibility index (Phi) is 4.58. The fourth-order valence-corrected chi connectivity index (χ4v) is 3.28. The van der Waals surface area contributed by atoms with Crippen LogP contribution in [0.4, 0.5) is 0 Å². The smallest absolute Gasteiger partial charge is 0.0312 e. The number of hydrogen-bond donors (Lipinski definition) is 1. The van der Waals surface area contributed by atoms with Crippen LogP contribution in [0.15, 0.2) is 24.5 Å². The average Bonchev–Trinajstić information content (AvgIpc) is 2.36. The van der Waals surface area contributed by atoms with Crippen LogP contribution >= 0.6 is 0 Å². The van der Waals surface area contributed by atoms with Crippen molar-refractivity contribution in [3.63, 3.8) is 0 Å². The van der Waals surface area contributed by atoms with Gasteiger partial charge < -0.3 is 10.6 Å². The van der Waals surface area contributed by atoms with Gasteiger partial charge in [0.1, 0.15) is 0 Å². The Balaban J connectivity index is 1.90. The van der Waals surface area contributed by atoms with Crippen molar-refractivity contribution >= 4 is 0 Å². The molecule has 3 heteroatoms. The van der Waals surface area contributed by atoms with E-state index in [2.05, 4.69) is 36.8 Å². The lowest BCUT2D eigenvalue weighted by molar-refractivity contribution is 0.109. The molecule has 1 aliphatic rings. The highest BCUT2D eigenvalue weighted by Gasteiger charge is 2.36. The zero-order valence-corrected chi connectivity index (χ0v) is 12.5. The van der Waals surface area contributed by atoms with E-state index in [0.717, 1.165) is 13.1 Å². The van der Waals surface area contributed by atoms with Crippen LogP contribution in [0.3, 0.4) is 0 Å². The number of rotatable bonds is 4. The third-order valence-corrected chi connectivity index (χ3v) is 4.53. The fourth-order valence-electron chi connectivity index (χ4n) is 3.28. The van der Waals surface area contributed by atoms with E-state index in [0.29, 0.717) is 12.0 Å². The van der Waals surface area contributed by atoms with Crippen molar-refractivity contribution < 1.29 is 0 Å². The Bertz CT molecular complexity index is 388. The van der Waals surface area contributed by atoms with Crippen LogP contribution in [-0.2, 0) is 6.54 Å². The maximum atomic E-state index is 6.46. The fraction of sp³-hybridized carbons (Fsp3) is 0.688. The second-order valence-electron chi connectivity index (χ2n) is 6.72. The van der Waals surface area contributed by atoms with E-state index in [-0.39, 0.29) is 5.41 Å². The lowest BCUT2D eigenvalue weighted by atomic mass is 9.68. The number of pyridine rings is 1. The molecule has 0 bridgehead atoms. The topological polar surface area (TPSA) is 42.2 Å². The van der Waals surface area contributed by atoms with E-state index in [1.54, 1.807) is 0 Å². The highest BCUT2D eigenvalue weighted by atomic mass is 15.1. The van der Waals surface area contributed by atoms with Gasteiger partial charge in [0.05, 0.1) is 0 Å². The molecule has 0 aromatic carbocycles. The Morgan fingerprint density at radius 1 is 1.47 bits per heavy atom. The van der Waals surface area contributed by atoms with Gasteiger partial charge >= 0.3 is 0 Å². The molecule has 0 amide bonds. The predicted molar refractivity (Wildman–Crippen MR) is 79.7 cm³/mol. The first-order chi connectivity index (χ1) is 8.99. The molecule has 1 saturated carbocycles. The summed E-state index contributed by atoms with van der Waals surface area (Å²) in [6.07, 6.45) is 7.61. The molecule has 106 valence electrons. The standard InChI is InChI=1S/C16H27N3/c1-16(2)8-4-7-14(15(16)17)12-19(3)11-13-6-5-9-18-10-13/h5-6,9-10,14-15H,4,7-8,11-12,17H2,1-3H3. The maximum Gasteiger partial charge on any atom is 0.0312 e. The largest absolute Gasteiger partial charge is 0.327 e. The molecule has 19 heavy (non-hydrogen) atoms. The summed E-state index contributed by atoms with van der Waals surface area (Å²) in [5.41, 5.74) is 8.02. The van der Waals surface area contributed by atoms with Crippen LogP contribution in [0.25, 0.3) is 0 Å². The molecule has 2 rings (SSSR count). The van der Waals surface area contributed by atoms with Gasteiger partial charge in [-0.15, -0.1) is 0 Å². The van der Waals surface area contributed by atoms with Crippen molar-refractivity contribution in [3.8, 4) is 0 Å². The number of aromatic nitrogens is 1. The van der Waals surface area contributed by atoms with Crippen LogP contribution in [-0.4, -0.2) is 29.5 Å². The molecule has 2 unspecified atom stereocenters. The van der Waals surface area contributed by atoms with Gasteiger partial charge in [-0.1, -0.05) is 26.3 Å². The highest BCUT2D eigenvalue weighted by Crippen LogP contribution is 2.37. The second kappa shape index (κ2) is 6.02. The summed E-state index contributed by atoms with van der Waals surface area (Å²) in [4.78, 5) is 6.55. The third kappa shape index (κ3) is 3.77. The molecule has 2 N–H and O–H groups in total. The molecule has 0 radical (unpaired) electrons. The molecule has 0 spiro atoms. The Labute approximate surface area is 117 Å². The van der Waals surface area contributed by atoms with Crippen molar-refractivity contribution in [1.82, 2.24) is 9.88 Å². The van der Waals surface area contributed by atoms with Crippen molar-refractivity contribution in [3.05, 3.63) is 30.1 Å². The average molecular weight is 261 g/mol. The summed E-state index contributed by atoms with van der Waals surface area (Å²) in [7, 11) is 2.18. The lowest BCUT2D eigenvalue weighted by Gasteiger charge is -2.43. The van der Waals surface area contributed by atoms with Gasteiger partial charge in [0.15, 0.2) is 0 Å². The third-order valence-electron chi connectivity index (χ3n) is 4.53. The minimum absolute atomic E-state index is 0.290. The molecule has 0 saturated heterocycles. The molecule has 1 heterocycles. The zero-order valence-electron chi connectivity index (χ0n) is 12.5. The van der Waals surface area contributed by atoms with Crippen LogP contribution < -0.4 is 5.73 Å². The summed E-state index contributed by atoms with van der Waals surface area (Å²) in [6.45, 7) is 6.66. The van der Waals surface area contributed by atoms with Crippen molar-refractivity contribution in [1.29, 1.82) is 0 Å². The predicted octanol–water partition coefficient (Wildman–Crippen LogP) is 2.67. The highest BCUT2D eigenvalue weighted by molar-refractivity contribution is 5.08. The van der Waals surface area contributed by atoms with Crippen LogP contribution in [0.1, 0.15) is 38.7 Å². The van der Waals surface area contributed by atoms with Gasteiger partial charge in [-0.3, -0.25) is 4.98 Å². The van der Waals surface area contributed by atoms with Crippen molar-refractivity contribution in [2.45, 2.75) is 45.7 Å². The molecule has 1 aromatic rings. The van der Waals surface area contributed by atoms with E-state index in [4.69, 9.17) is 5.73 Å². The van der Waals surface area contributed by atoms with E-state index in [1.165, 1.54) is 24.8 Å². The molecule has 1 aromatic heterocycles. The molecule has 3 nitrogen and oxygen atoms in total. The number of hydrogen-bond acceptors (Lipinski definition) is 3. The molecular formula is C16H27N3. The van der Waals surface area contributed by atoms with Crippen LogP contribution in [0.5, 0.6) is 0 Å². The van der Waals surface area contributed by atoms with Gasteiger partial charge in [0.25, 0.3) is 0 Å². The Morgan fingerprint density at radius 3 is 2.95 bits per heavy atom. The molecule has 0 aliphatic heterocycles. The SMILES string of the molecule is CN(Cc1cccnc1)CC1CCCC(C)(C)C1N. The number of nitrogens with two attached hydrogens (primary N) is 1. The molecule has 1 aliphatic carbocycles. The first-order valence-corrected chi connectivity index (χ1v) is 7.32. The van der Waals surface area contributed by atoms with Crippen molar-refractivity contribution in [2.24, 2.45) is 17.1 Å². The van der Waals surface area contributed by atoms with Gasteiger partial charge in [0.2, 0.25) is 0 Å². The Hall–Kier alpha value is -0.930. The minimum atomic E-state index is 0.290. The first-order valence-electron chi connectivity index (χ1n) is 7.32. The molecule has 1 fully saturated rings. The zero-order chi connectivity index (χ0) is 13.9. The van der Waals surface area contributed by atoms with Gasteiger partial charge in [0, 0.05) is 31.5 Å². The van der Waals surface area contributed by atoms with Gasteiger partial charge in [-0.2, -0.15) is 0 Å². The Morgan fingerprint density at radius 2 is 2.26 bits per heavy atom. The summed E-state index contributed by atoms with van der Waals surface area (Å²) in [5.74, 6) is 0.616. The van der Waals surface area contributed by atoms with E-state index >= 15 is 0 Å².